The monoisotopic (exact) mass is 413 g/mol. The normalized spacial score (nSPS) is 23.0. The predicted molar refractivity (Wildman–Crippen MR) is 101 cm³/mol. The number of carbonyl (C=O) groups excluding carboxylic acids is 1. The molecule has 1 aromatic heterocycles. The summed E-state index contributed by atoms with van der Waals surface area (Å²) in [5, 5.41) is 4.12. The number of aromatic nitrogens is 2. The van der Waals surface area contributed by atoms with Gasteiger partial charge in [-0.1, -0.05) is 41.9 Å². The summed E-state index contributed by atoms with van der Waals surface area (Å²) in [5.41, 5.74) is 0.144. The summed E-state index contributed by atoms with van der Waals surface area (Å²) < 4.78 is 46.1. The average molecular weight is 413 g/mol. The SMILES string of the molecule is O=C(c1cc(F)c(F)c(F)c1)N1C[C@H]2CCC[C@@]2(c2nc(-c3ccccc3)no2)C1. The highest BCUT2D eigenvalue weighted by atomic mass is 19.2. The lowest BCUT2D eigenvalue weighted by Gasteiger charge is -2.24. The van der Waals surface area contributed by atoms with Crippen LogP contribution in [-0.4, -0.2) is 34.0 Å². The third-order valence-corrected chi connectivity index (χ3v) is 6.27. The van der Waals surface area contributed by atoms with Crippen molar-refractivity contribution in [3.63, 3.8) is 0 Å². The van der Waals surface area contributed by atoms with Crippen molar-refractivity contribution in [2.24, 2.45) is 5.92 Å². The van der Waals surface area contributed by atoms with Crippen molar-refractivity contribution in [2.45, 2.75) is 24.7 Å². The van der Waals surface area contributed by atoms with Gasteiger partial charge < -0.3 is 9.42 Å². The van der Waals surface area contributed by atoms with E-state index in [2.05, 4.69) is 10.1 Å². The van der Waals surface area contributed by atoms with E-state index in [4.69, 9.17) is 4.52 Å². The van der Waals surface area contributed by atoms with Crippen molar-refractivity contribution >= 4 is 5.91 Å². The number of rotatable bonds is 3. The van der Waals surface area contributed by atoms with E-state index in [1.807, 2.05) is 30.3 Å². The van der Waals surface area contributed by atoms with Crippen LogP contribution in [0.3, 0.4) is 0 Å². The molecule has 5 rings (SSSR count). The molecular weight excluding hydrogens is 395 g/mol. The summed E-state index contributed by atoms with van der Waals surface area (Å²) in [6.45, 7) is 0.732. The van der Waals surface area contributed by atoms with Crippen LogP contribution in [0, 0.1) is 23.4 Å². The van der Waals surface area contributed by atoms with E-state index in [1.54, 1.807) is 4.90 Å². The summed E-state index contributed by atoms with van der Waals surface area (Å²) in [4.78, 5) is 19.1. The lowest BCUT2D eigenvalue weighted by molar-refractivity contribution is 0.0773. The van der Waals surface area contributed by atoms with Crippen LogP contribution in [0.15, 0.2) is 47.0 Å². The Morgan fingerprint density at radius 3 is 2.60 bits per heavy atom. The lowest BCUT2D eigenvalue weighted by atomic mass is 9.80. The minimum absolute atomic E-state index is 0.112. The summed E-state index contributed by atoms with van der Waals surface area (Å²) >= 11 is 0. The van der Waals surface area contributed by atoms with E-state index in [0.29, 0.717) is 24.8 Å². The second-order valence-corrected chi connectivity index (χ2v) is 7.97. The fourth-order valence-corrected chi connectivity index (χ4v) is 4.79. The third kappa shape index (κ3) is 2.89. The smallest absolute Gasteiger partial charge is 0.254 e. The summed E-state index contributed by atoms with van der Waals surface area (Å²) in [5.74, 6) is -3.80. The molecule has 2 aromatic carbocycles. The van der Waals surface area contributed by atoms with Gasteiger partial charge in [-0.05, 0) is 30.9 Å². The summed E-state index contributed by atoms with van der Waals surface area (Å²) in [6.07, 6.45) is 2.64. The number of amides is 1. The fraction of sp³-hybridized carbons (Fsp3) is 0.318. The highest BCUT2D eigenvalue weighted by Gasteiger charge is 2.55. The molecule has 0 unspecified atom stereocenters. The molecule has 30 heavy (non-hydrogen) atoms. The van der Waals surface area contributed by atoms with Gasteiger partial charge in [0.15, 0.2) is 17.5 Å². The van der Waals surface area contributed by atoms with Gasteiger partial charge in [-0.3, -0.25) is 4.79 Å². The Morgan fingerprint density at radius 1 is 1.13 bits per heavy atom. The molecule has 2 atom stereocenters. The Hall–Kier alpha value is -3.16. The van der Waals surface area contributed by atoms with E-state index in [9.17, 15) is 18.0 Å². The molecule has 1 aliphatic carbocycles. The number of likely N-dealkylation sites (tertiary alicyclic amines) is 1. The Bertz CT molecular complexity index is 1090. The minimum Gasteiger partial charge on any atom is -0.338 e. The van der Waals surface area contributed by atoms with Gasteiger partial charge in [0.2, 0.25) is 11.7 Å². The first-order valence-electron chi connectivity index (χ1n) is 9.81. The average Bonchev–Trinajstić information content (AvgIpc) is 3.46. The molecular formula is C22H18F3N3O2. The molecule has 154 valence electrons. The zero-order valence-electron chi connectivity index (χ0n) is 15.9. The molecule has 1 amide bonds. The second-order valence-electron chi connectivity index (χ2n) is 7.97. The van der Waals surface area contributed by atoms with E-state index < -0.39 is 28.8 Å². The van der Waals surface area contributed by atoms with Gasteiger partial charge in [0.25, 0.3) is 5.91 Å². The number of benzene rings is 2. The van der Waals surface area contributed by atoms with Crippen LogP contribution in [0.1, 0.15) is 35.5 Å². The van der Waals surface area contributed by atoms with Gasteiger partial charge in [-0.25, -0.2) is 13.2 Å². The van der Waals surface area contributed by atoms with Crippen LogP contribution in [0.2, 0.25) is 0 Å². The van der Waals surface area contributed by atoms with Gasteiger partial charge in [0.1, 0.15) is 0 Å². The van der Waals surface area contributed by atoms with Crippen LogP contribution in [0.5, 0.6) is 0 Å². The second kappa shape index (κ2) is 6.97. The minimum atomic E-state index is -1.58. The molecule has 0 bridgehead atoms. The van der Waals surface area contributed by atoms with Crippen LogP contribution in [0.4, 0.5) is 13.2 Å². The Kier molecular flexibility index (Phi) is 4.38. The first-order valence-corrected chi connectivity index (χ1v) is 9.81. The van der Waals surface area contributed by atoms with Crippen molar-refractivity contribution in [2.75, 3.05) is 13.1 Å². The van der Waals surface area contributed by atoms with Crippen molar-refractivity contribution in [3.05, 3.63) is 71.4 Å². The van der Waals surface area contributed by atoms with E-state index in [1.165, 1.54) is 0 Å². The van der Waals surface area contributed by atoms with Crippen molar-refractivity contribution in [3.8, 4) is 11.4 Å². The zero-order valence-corrected chi connectivity index (χ0v) is 15.9. The highest BCUT2D eigenvalue weighted by Crippen LogP contribution is 2.50. The van der Waals surface area contributed by atoms with Gasteiger partial charge in [-0.2, -0.15) is 4.98 Å². The first kappa shape index (κ1) is 18.8. The van der Waals surface area contributed by atoms with Gasteiger partial charge in [0, 0.05) is 24.2 Å². The number of hydrogen-bond acceptors (Lipinski definition) is 4. The van der Waals surface area contributed by atoms with Gasteiger partial charge >= 0.3 is 0 Å². The Balaban J connectivity index is 1.44. The van der Waals surface area contributed by atoms with Crippen LogP contribution >= 0.6 is 0 Å². The topological polar surface area (TPSA) is 59.2 Å². The lowest BCUT2D eigenvalue weighted by Crippen LogP contribution is -2.35. The Morgan fingerprint density at radius 2 is 1.87 bits per heavy atom. The van der Waals surface area contributed by atoms with E-state index >= 15 is 0 Å². The number of halogens is 3. The molecule has 3 aromatic rings. The molecule has 0 N–H and O–H groups in total. The number of hydrogen-bond donors (Lipinski definition) is 0. The van der Waals surface area contributed by atoms with Crippen molar-refractivity contribution in [1.82, 2.24) is 15.0 Å². The first-order chi connectivity index (χ1) is 14.5. The molecule has 1 saturated heterocycles. The number of carbonyl (C=O) groups is 1. The molecule has 5 nitrogen and oxygen atoms in total. The van der Waals surface area contributed by atoms with Gasteiger partial charge in [0.05, 0.1) is 5.41 Å². The van der Waals surface area contributed by atoms with Crippen LogP contribution < -0.4 is 0 Å². The molecule has 1 saturated carbocycles. The molecule has 0 spiro atoms. The largest absolute Gasteiger partial charge is 0.338 e. The maximum atomic E-state index is 13.6. The zero-order chi connectivity index (χ0) is 20.9. The van der Waals surface area contributed by atoms with Crippen LogP contribution in [0.25, 0.3) is 11.4 Å². The van der Waals surface area contributed by atoms with Crippen molar-refractivity contribution < 1.29 is 22.5 Å². The third-order valence-electron chi connectivity index (χ3n) is 6.27. The van der Waals surface area contributed by atoms with Crippen LogP contribution in [-0.2, 0) is 5.41 Å². The number of nitrogens with zero attached hydrogens (tertiary/aromatic N) is 3. The maximum Gasteiger partial charge on any atom is 0.254 e. The van der Waals surface area contributed by atoms with E-state index in [0.717, 1.165) is 37.0 Å². The summed E-state index contributed by atoms with van der Waals surface area (Å²) in [7, 11) is 0. The molecule has 0 radical (unpaired) electrons. The van der Waals surface area contributed by atoms with Crippen molar-refractivity contribution in [1.29, 1.82) is 0 Å². The Labute approximate surface area is 170 Å². The molecule has 8 heteroatoms. The summed E-state index contributed by atoms with van der Waals surface area (Å²) in [6, 6.07) is 10.9. The highest BCUT2D eigenvalue weighted by molar-refractivity contribution is 5.94. The van der Waals surface area contributed by atoms with Gasteiger partial charge in [-0.15, -0.1) is 0 Å². The molecule has 2 heterocycles. The standard InChI is InChI=1S/C22H18F3N3O2/c23-16-9-14(10-17(24)18(16)25)20(29)28-11-15-7-4-8-22(15,12-28)21-26-19(27-30-21)13-5-2-1-3-6-13/h1-3,5-6,9-10,15H,4,7-8,11-12H2/t15-,22-/m1/s1. The quantitative estimate of drug-likeness (QED) is 0.599. The molecule has 2 fully saturated rings. The predicted octanol–water partition coefficient (Wildman–Crippen LogP) is 4.35. The molecule has 1 aliphatic heterocycles. The number of fused-ring (bicyclic) bond motifs is 1. The van der Waals surface area contributed by atoms with E-state index in [-0.39, 0.29) is 11.5 Å². The maximum absolute atomic E-state index is 13.6. The fourth-order valence-electron chi connectivity index (χ4n) is 4.79. The molecule has 2 aliphatic rings.